The zero-order valence-electron chi connectivity index (χ0n) is 14.1. The van der Waals surface area contributed by atoms with Gasteiger partial charge in [0, 0.05) is 18.8 Å². The number of thiazole rings is 1. The monoisotopic (exact) mass is 395 g/mol. The standard InChI is InChI=1S/C16H20BClN4OS2/c17-22-6-4-10(5-7-22)16(23,9-22)8-19-14(24)21-15-20-13-11(18)2-1-3-12(13)25-15/h1-3,10,23H,4-9,17H2,(H-,19,20,21,24)/p+1. The van der Waals surface area contributed by atoms with E-state index >= 15 is 0 Å². The third kappa shape index (κ3) is 3.38. The maximum atomic E-state index is 11.1. The van der Waals surface area contributed by atoms with Crippen LogP contribution in [0.5, 0.6) is 0 Å². The predicted molar refractivity (Wildman–Crippen MR) is 110 cm³/mol. The number of fused-ring (bicyclic) bond motifs is 4. The third-order valence-electron chi connectivity index (χ3n) is 5.60. The zero-order chi connectivity index (χ0) is 17.7. The normalized spacial score (nSPS) is 31.2. The van der Waals surface area contributed by atoms with Crippen molar-refractivity contribution in [2.45, 2.75) is 18.4 Å². The van der Waals surface area contributed by atoms with Gasteiger partial charge in [0.25, 0.3) is 0 Å². The summed E-state index contributed by atoms with van der Waals surface area (Å²) in [6.07, 6.45) is 2.18. The summed E-state index contributed by atoms with van der Waals surface area (Å²) in [7, 11) is 2.24. The Bertz CT molecular complexity index is 824. The fourth-order valence-electron chi connectivity index (χ4n) is 4.22. The SMILES string of the molecule is B[N+]12CCC(CC1)C(O)(CNC(=S)Nc1nc3c(Cl)cccc3s1)C2. The number of aromatic nitrogens is 1. The Morgan fingerprint density at radius 1 is 1.48 bits per heavy atom. The molecule has 3 saturated heterocycles. The summed E-state index contributed by atoms with van der Waals surface area (Å²) < 4.78 is 1.98. The van der Waals surface area contributed by atoms with Crippen molar-refractivity contribution in [3.63, 3.8) is 0 Å². The van der Waals surface area contributed by atoms with Crippen molar-refractivity contribution in [1.29, 1.82) is 0 Å². The van der Waals surface area contributed by atoms with Gasteiger partial charge < -0.3 is 20.1 Å². The highest BCUT2D eigenvalue weighted by atomic mass is 35.5. The Morgan fingerprint density at radius 3 is 2.92 bits per heavy atom. The molecule has 9 heteroatoms. The maximum absolute atomic E-state index is 11.1. The van der Waals surface area contributed by atoms with Gasteiger partial charge in [-0.15, -0.1) is 0 Å². The number of benzene rings is 1. The molecule has 25 heavy (non-hydrogen) atoms. The number of rotatable bonds is 3. The summed E-state index contributed by atoms with van der Waals surface area (Å²) in [5.41, 5.74) is 0.0985. The van der Waals surface area contributed by atoms with Crippen LogP contribution < -0.4 is 10.6 Å². The van der Waals surface area contributed by atoms with E-state index < -0.39 is 5.60 Å². The molecule has 5 rings (SSSR count). The molecule has 0 aliphatic carbocycles. The Kier molecular flexibility index (Phi) is 4.44. The molecule has 3 aliphatic rings. The number of quaternary nitrogens is 1. The number of nitrogens with zero attached hydrogens (tertiary/aromatic N) is 2. The van der Waals surface area contributed by atoms with Crippen LogP contribution in [0.25, 0.3) is 10.2 Å². The molecule has 3 N–H and O–H groups in total. The van der Waals surface area contributed by atoms with E-state index in [0.717, 1.165) is 34.0 Å². The van der Waals surface area contributed by atoms with Crippen LogP contribution in [0.15, 0.2) is 18.2 Å². The van der Waals surface area contributed by atoms with E-state index in [2.05, 4.69) is 23.6 Å². The number of anilines is 1. The Balaban J connectivity index is 1.40. The minimum atomic E-state index is -0.687. The third-order valence-corrected chi connectivity index (χ3v) is 7.08. The average molecular weight is 396 g/mol. The molecule has 2 aromatic rings. The van der Waals surface area contributed by atoms with Crippen molar-refractivity contribution >= 4 is 63.6 Å². The molecule has 0 radical (unpaired) electrons. The quantitative estimate of drug-likeness (QED) is 0.546. The Hall–Kier alpha value is -0.925. The van der Waals surface area contributed by atoms with Crippen LogP contribution >= 0.6 is 35.2 Å². The lowest BCUT2D eigenvalue weighted by Crippen LogP contribution is -2.70. The number of nitrogens with one attached hydrogen (secondary N) is 2. The van der Waals surface area contributed by atoms with E-state index in [1.165, 1.54) is 24.4 Å². The second kappa shape index (κ2) is 6.35. The van der Waals surface area contributed by atoms with Crippen molar-refractivity contribution in [2.24, 2.45) is 5.92 Å². The molecule has 0 spiro atoms. The lowest BCUT2D eigenvalue weighted by atomic mass is 9.72. The van der Waals surface area contributed by atoms with E-state index in [1.807, 2.05) is 18.2 Å². The molecule has 1 aromatic carbocycles. The Morgan fingerprint density at radius 2 is 2.24 bits per heavy atom. The second-order valence-electron chi connectivity index (χ2n) is 7.52. The van der Waals surface area contributed by atoms with Gasteiger partial charge in [0.1, 0.15) is 11.1 Å². The number of hydrogen-bond acceptors (Lipinski definition) is 4. The van der Waals surface area contributed by atoms with Gasteiger partial charge in [0.2, 0.25) is 0 Å². The lowest BCUT2D eigenvalue weighted by molar-refractivity contribution is -0.846. The van der Waals surface area contributed by atoms with Crippen molar-refractivity contribution in [1.82, 2.24) is 10.3 Å². The van der Waals surface area contributed by atoms with Crippen LogP contribution in [0, 0.1) is 5.92 Å². The summed E-state index contributed by atoms with van der Waals surface area (Å²) in [6, 6.07) is 5.73. The lowest BCUT2D eigenvalue weighted by Gasteiger charge is -2.56. The molecule has 1 atom stereocenters. The molecule has 0 saturated carbocycles. The smallest absolute Gasteiger partial charge is 0.372 e. The predicted octanol–water partition coefficient (Wildman–Crippen LogP) is 1.76. The number of thiocarbonyl (C=S) groups is 1. The van der Waals surface area contributed by atoms with Gasteiger partial charge in [0.05, 0.1) is 35.9 Å². The molecule has 1 unspecified atom stereocenters. The van der Waals surface area contributed by atoms with E-state index in [1.54, 1.807) is 0 Å². The molecular formula is C16H21BClN4OS2+. The van der Waals surface area contributed by atoms with Crippen LogP contribution in [0.4, 0.5) is 5.13 Å². The number of hydrogen-bond donors (Lipinski definition) is 3. The highest BCUT2D eigenvalue weighted by molar-refractivity contribution is 7.80. The average Bonchev–Trinajstić information content (AvgIpc) is 2.97. The first kappa shape index (κ1) is 17.5. The van der Waals surface area contributed by atoms with Crippen molar-refractivity contribution in [2.75, 3.05) is 31.5 Å². The summed E-state index contributed by atoms with van der Waals surface area (Å²) >= 11 is 13.1. The fraction of sp³-hybridized carbons (Fsp3) is 0.500. The second-order valence-corrected chi connectivity index (χ2v) is 9.36. The first-order valence-corrected chi connectivity index (χ1v) is 10.1. The van der Waals surface area contributed by atoms with Gasteiger partial charge >= 0.3 is 7.98 Å². The van der Waals surface area contributed by atoms with Crippen molar-refractivity contribution in [3.8, 4) is 0 Å². The van der Waals surface area contributed by atoms with Crippen molar-refractivity contribution < 1.29 is 9.50 Å². The van der Waals surface area contributed by atoms with Crippen LogP contribution in [0.3, 0.4) is 0 Å². The zero-order valence-corrected chi connectivity index (χ0v) is 16.5. The topological polar surface area (TPSA) is 57.2 Å². The van der Waals surface area contributed by atoms with Crippen LogP contribution in [-0.2, 0) is 0 Å². The molecule has 4 heterocycles. The highest BCUT2D eigenvalue weighted by Gasteiger charge is 2.51. The van der Waals surface area contributed by atoms with Gasteiger partial charge in [-0.2, -0.15) is 0 Å². The summed E-state index contributed by atoms with van der Waals surface area (Å²) in [6.45, 7) is 3.61. The number of aliphatic hydroxyl groups is 1. The molecular weight excluding hydrogens is 375 g/mol. The first-order chi connectivity index (χ1) is 11.9. The first-order valence-electron chi connectivity index (χ1n) is 8.53. The number of piperidine rings is 3. The van der Waals surface area contributed by atoms with Crippen LogP contribution in [0.2, 0.25) is 5.02 Å². The van der Waals surface area contributed by atoms with E-state index in [0.29, 0.717) is 27.7 Å². The maximum Gasteiger partial charge on any atom is 0.372 e. The molecule has 0 amide bonds. The number of halogens is 1. The van der Waals surface area contributed by atoms with Gasteiger partial charge in [-0.05, 0) is 24.4 Å². The van der Waals surface area contributed by atoms with Gasteiger partial charge in [-0.3, -0.25) is 0 Å². The number of para-hydroxylation sites is 1. The van der Waals surface area contributed by atoms with Crippen LogP contribution in [-0.4, -0.2) is 59.4 Å². The molecule has 3 aliphatic heterocycles. The fourth-order valence-corrected chi connectivity index (χ4v) is 5.62. The molecule has 3 fully saturated rings. The van der Waals surface area contributed by atoms with E-state index in [-0.39, 0.29) is 0 Å². The minimum absolute atomic E-state index is 0.365. The largest absolute Gasteiger partial charge is 0.397 e. The summed E-state index contributed by atoms with van der Waals surface area (Å²) in [5, 5.41) is 19.3. The molecule has 2 bridgehead atoms. The molecule has 5 nitrogen and oxygen atoms in total. The molecule has 132 valence electrons. The van der Waals surface area contributed by atoms with Crippen molar-refractivity contribution in [3.05, 3.63) is 23.2 Å². The van der Waals surface area contributed by atoms with Gasteiger partial charge in [-0.25, -0.2) is 4.98 Å². The van der Waals surface area contributed by atoms with Crippen LogP contribution in [0.1, 0.15) is 12.8 Å². The van der Waals surface area contributed by atoms with E-state index in [4.69, 9.17) is 23.8 Å². The Labute approximate surface area is 162 Å². The highest BCUT2D eigenvalue weighted by Crippen LogP contribution is 2.38. The van der Waals surface area contributed by atoms with E-state index in [9.17, 15) is 5.11 Å². The minimum Gasteiger partial charge on any atom is -0.397 e. The summed E-state index contributed by atoms with van der Waals surface area (Å²) in [4.78, 5) is 4.50. The van der Waals surface area contributed by atoms with Gasteiger partial charge in [0.15, 0.2) is 10.2 Å². The van der Waals surface area contributed by atoms with Gasteiger partial charge in [-0.1, -0.05) is 29.0 Å². The summed E-state index contributed by atoms with van der Waals surface area (Å²) in [5.74, 6) is 0.365. The molecule has 1 aromatic heterocycles.